The minimum absolute atomic E-state index is 0.165. The van der Waals surface area contributed by atoms with Crippen LogP contribution in [0.15, 0.2) is 60.7 Å². The number of benzene rings is 2. The van der Waals surface area contributed by atoms with Crippen LogP contribution in [0.3, 0.4) is 0 Å². The van der Waals surface area contributed by atoms with Crippen LogP contribution in [-0.2, 0) is 0 Å². The summed E-state index contributed by atoms with van der Waals surface area (Å²) in [5, 5.41) is 10.7. The second-order valence-electron chi connectivity index (χ2n) is 5.79. The molecule has 0 spiro atoms. The first-order valence-corrected chi connectivity index (χ1v) is 7.57. The number of hydrogen-bond acceptors (Lipinski definition) is 2. The fraction of sp³-hybridized carbons (Fsp3) is 0.250. The molecular formula is C20H21NO2. The molecular weight excluding hydrogens is 286 g/mol. The fourth-order valence-electron chi connectivity index (χ4n) is 2.46. The van der Waals surface area contributed by atoms with Gasteiger partial charge in [-0.15, -0.1) is 12.3 Å². The van der Waals surface area contributed by atoms with Gasteiger partial charge in [-0.25, -0.2) is 0 Å². The van der Waals surface area contributed by atoms with E-state index in [1.54, 1.807) is 24.0 Å². The zero-order chi connectivity index (χ0) is 16.9. The van der Waals surface area contributed by atoms with Crippen LogP contribution >= 0.6 is 0 Å². The van der Waals surface area contributed by atoms with Gasteiger partial charge in [-0.2, -0.15) is 0 Å². The smallest absolute Gasteiger partial charge is 0.258 e. The van der Waals surface area contributed by atoms with Gasteiger partial charge in [0.25, 0.3) is 5.91 Å². The molecule has 0 aromatic heterocycles. The fourth-order valence-corrected chi connectivity index (χ4v) is 2.46. The van der Waals surface area contributed by atoms with Crippen molar-refractivity contribution in [3.63, 3.8) is 0 Å². The molecule has 0 unspecified atom stereocenters. The highest BCUT2D eigenvalue weighted by Gasteiger charge is 2.36. The summed E-state index contributed by atoms with van der Waals surface area (Å²) in [7, 11) is 0. The van der Waals surface area contributed by atoms with Gasteiger partial charge in [0.05, 0.1) is 11.6 Å². The Labute approximate surface area is 137 Å². The number of hydrogen-bond donors (Lipinski definition) is 1. The molecule has 2 aromatic carbocycles. The molecule has 3 heteroatoms. The Kier molecular flexibility index (Phi) is 5.20. The summed E-state index contributed by atoms with van der Waals surface area (Å²) in [6.07, 6.45) is 5.53. The van der Waals surface area contributed by atoms with Gasteiger partial charge in [0.15, 0.2) is 0 Å². The monoisotopic (exact) mass is 307 g/mol. The van der Waals surface area contributed by atoms with Crippen molar-refractivity contribution in [2.75, 3.05) is 4.90 Å². The van der Waals surface area contributed by atoms with Crippen molar-refractivity contribution >= 4 is 11.6 Å². The van der Waals surface area contributed by atoms with Crippen molar-refractivity contribution in [2.24, 2.45) is 0 Å². The molecule has 2 aromatic rings. The quantitative estimate of drug-likeness (QED) is 0.859. The highest BCUT2D eigenvalue weighted by Crippen LogP contribution is 2.27. The lowest BCUT2D eigenvalue weighted by Gasteiger charge is -2.38. The summed E-state index contributed by atoms with van der Waals surface area (Å²) >= 11 is 0. The first kappa shape index (κ1) is 16.8. The zero-order valence-electron chi connectivity index (χ0n) is 13.4. The standard InChI is InChI=1S/C20H21NO2/c1-4-15-20(3,23)16(2)21(18-13-9-6-10-14-18)19(22)17-11-7-5-8-12-17/h1,5-14,16,23H,15H2,2-3H3/t16-,20+/m0/s1. The second-order valence-corrected chi connectivity index (χ2v) is 5.79. The van der Waals surface area contributed by atoms with E-state index in [1.807, 2.05) is 55.5 Å². The molecule has 3 nitrogen and oxygen atoms in total. The summed E-state index contributed by atoms with van der Waals surface area (Å²) in [5.41, 5.74) is 0.112. The van der Waals surface area contributed by atoms with Crippen LogP contribution in [0.2, 0.25) is 0 Å². The first-order valence-electron chi connectivity index (χ1n) is 7.57. The number of amides is 1. The summed E-state index contributed by atoms with van der Waals surface area (Å²) in [6, 6.07) is 17.9. The number of para-hydroxylation sites is 1. The Morgan fingerprint density at radius 1 is 1.17 bits per heavy atom. The van der Waals surface area contributed by atoms with Crippen molar-refractivity contribution in [2.45, 2.75) is 31.9 Å². The normalized spacial score (nSPS) is 14.3. The largest absolute Gasteiger partial charge is 0.387 e. The van der Waals surface area contributed by atoms with Gasteiger partial charge in [0.1, 0.15) is 0 Å². The summed E-state index contributed by atoms with van der Waals surface area (Å²) in [5.74, 6) is 2.32. The van der Waals surface area contributed by atoms with E-state index in [1.165, 1.54) is 0 Å². The topological polar surface area (TPSA) is 40.5 Å². The third-order valence-corrected chi connectivity index (χ3v) is 4.02. The average Bonchev–Trinajstić information content (AvgIpc) is 2.56. The molecule has 2 rings (SSSR count). The Balaban J connectivity index is 2.45. The molecule has 0 aliphatic heterocycles. The van der Waals surface area contributed by atoms with Gasteiger partial charge in [-0.1, -0.05) is 36.4 Å². The van der Waals surface area contributed by atoms with Crippen molar-refractivity contribution < 1.29 is 9.90 Å². The molecule has 2 atom stereocenters. The summed E-state index contributed by atoms with van der Waals surface area (Å²) < 4.78 is 0. The third-order valence-electron chi connectivity index (χ3n) is 4.02. The van der Waals surface area contributed by atoms with Gasteiger partial charge < -0.3 is 10.0 Å². The maximum Gasteiger partial charge on any atom is 0.258 e. The summed E-state index contributed by atoms with van der Waals surface area (Å²) in [4.78, 5) is 14.6. The van der Waals surface area contributed by atoms with Crippen LogP contribution in [0.25, 0.3) is 0 Å². The molecule has 0 aliphatic carbocycles. The zero-order valence-corrected chi connectivity index (χ0v) is 13.4. The molecule has 0 aliphatic rings. The van der Waals surface area contributed by atoms with Gasteiger partial charge in [-0.3, -0.25) is 4.79 Å². The van der Waals surface area contributed by atoms with Crippen LogP contribution in [0.4, 0.5) is 5.69 Å². The lowest BCUT2D eigenvalue weighted by molar-refractivity contribution is 0.0385. The molecule has 1 amide bonds. The molecule has 0 saturated carbocycles. The van der Waals surface area contributed by atoms with Crippen molar-refractivity contribution in [1.82, 2.24) is 0 Å². The molecule has 0 bridgehead atoms. The highest BCUT2D eigenvalue weighted by atomic mass is 16.3. The average molecular weight is 307 g/mol. The Bertz CT molecular complexity index is 687. The van der Waals surface area contributed by atoms with Gasteiger partial charge >= 0.3 is 0 Å². The first-order chi connectivity index (χ1) is 11.0. The van der Waals surface area contributed by atoms with E-state index >= 15 is 0 Å². The molecule has 0 saturated heterocycles. The van der Waals surface area contributed by atoms with Gasteiger partial charge in [0, 0.05) is 17.7 Å². The number of anilines is 1. The number of rotatable bonds is 5. The van der Waals surface area contributed by atoms with Gasteiger partial charge in [0.2, 0.25) is 0 Å². The third kappa shape index (κ3) is 3.80. The molecule has 0 fully saturated rings. The number of carbonyl (C=O) groups excluding carboxylic acids is 1. The summed E-state index contributed by atoms with van der Waals surface area (Å²) in [6.45, 7) is 3.47. The number of carbonyl (C=O) groups is 1. The maximum absolute atomic E-state index is 13.0. The molecule has 0 heterocycles. The molecule has 118 valence electrons. The van der Waals surface area contributed by atoms with Crippen LogP contribution in [0, 0.1) is 12.3 Å². The minimum atomic E-state index is -1.19. The number of aliphatic hydroxyl groups is 1. The van der Waals surface area contributed by atoms with E-state index in [0.29, 0.717) is 5.56 Å². The lowest BCUT2D eigenvalue weighted by Crippen LogP contribution is -2.52. The van der Waals surface area contributed by atoms with E-state index < -0.39 is 11.6 Å². The van der Waals surface area contributed by atoms with E-state index in [0.717, 1.165) is 5.69 Å². The predicted molar refractivity (Wildman–Crippen MR) is 93.2 cm³/mol. The Morgan fingerprint density at radius 2 is 1.70 bits per heavy atom. The highest BCUT2D eigenvalue weighted by molar-refractivity contribution is 6.06. The molecule has 1 N–H and O–H groups in total. The lowest BCUT2D eigenvalue weighted by atomic mass is 9.92. The van der Waals surface area contributed by atoms with E-state index in [-0.39, 0.29) is 12.3 Å². The minimum Gasteiger partial charge on any atom is -0.387 e. The maximum atomic E-state index is 13.0. The van der Waals surface area contributed by atoms with Crippen LogP contribution in [-0.4, -0.2) is 22.7 Å². The van der Waals surface area contributed by atoms with Crippen molar-refractivity contribution in [3.8, 4) is 12.3 Å². The number of nitrogens with zero attached hydrogens (tertiary/aromatic N) is 1. The van der Waals surface area contributed by atoms with Crippen molar-refractivity contribution in [3.05, 3.63) is 66.2 Å². The van der Waals surface area contributed by atoms with E-state index in [2.05, 4.69) is 5.92 Å². The van der Waals surface area contributed by atoms with Gasteiger partial charge in [-0.05, 0) is 38.1 Å². The van der Waals surface area contributed by atoms with Crippen LogP contribution in [0.5, 0.6) is 0 Å². The van der Waals surface area contributed by atoms with E-state index in [9.17, 15) is 9.90 Å². The Hall–Kier alpha value is -2.57. The van der Waals surface area contributed by atoms with E-state index in [4.69, 9.17) is 6.42 Å². The SMILES string of the molecule is C#CC[C@@](C)(O)[C@H](C)N(C(=O)c1ccccc1)c1ccccc1. The number of terminal acetylenes is 1. The Morgan fingerprint density at radius 3 is 2.22 bits per heavy atom. The molecule has 23 heavy (non-hydrogen) atoms. The molecule has 0 radical (unpaired) electrons. The van der Waals surface area contributed by atoms with Crippen molar-refractivity contribution in [1.29, 1.82) is 0 Å². The van der Waals surface area contributed by atoms with Crippen LogP contribution < -0.4 is 4.90 Å². The van der Waals surface area contributed by atoms with Crippen LogP contribution in [0.1, 0.15) is 30.6 Å². The predicted octanol–water partition coefficient (Wildman–Crippen LogP) is 3.50. The second kappa shape index (κ2) is 7.13.